The summed E-state index contributed by atoms with van der Waals surface area (Å²) in [5.74, 6) is -0.468. The predicted octanol–water partition coefficient (Wildman–Crippen LogP) is 0.594. The summed E-state index contributed by atoms with van der Waals surface area (Å²) in [4.78, 5) is 11.8. The van der Waals surface area contributed by atoms with E-state index in [4.69, 9.17) is 15.6 Å². The maximum Gasteiger partial charge on any atom is 0.330 e. The average Bonchev–Trinajstić information content (AvgIpc) is 2.46. The zero-order chi connectivity index (χ0) is 11.7. The van der Waals surface area contributed by atoms with Gasteiger partial charge in [0, 0.05) is 12.5 Å². The molecule has 15 heavy (non-hydrogen) atoms. The molecule has 0 aromatic carbocycles. The van der Waals surface area contributed by atoms with Crippen molar-refractivity contribution in [3.63, 3.8) is 0 Å². The monoisotopic (exact) mass is 213 g/mol. The first-order chi connectivity index (χ1) is 6.77. The Hall–Kier alpha value is -0.870. The fraction of sp³-hybridized carbons (Fsp3) is 0.727. The fourth-order valence-electron chi connectivity index (χ4n) is 1.53. The number of nitrogens with two attached hydrogens (primary N) is 1. The minimum Gasteiger partial charge on any atom is -0.458 e. The van der Waals surface area contributed by atoms with Crippen molar-refractivity contribution in [3.8, 4) is 0 Å². The second kappa shape index (κ2) is 3.94. The maximum atomic E-state index is 11.8. The lowest BCUT2D eigenvalue weighted by atomic mass is 9.96. The first-order valence-corrected chi connectivity index (χ1v) is 5.09. The zero-order valence-electron chi connectivity index (χ0n) is 9.49. The molecule has 0 amide bonds. The van der Waals surface area contributed by atoms with Crippen molar-refractivity contribution in [1.29, 1.82) is 0 Å². The van der Waals surface area contributed by atoms with Crippen molar-refractivity contribution >= 4 is 5.97 Å². The highest BCUT2D eigenvalue weighted by Crippen LogP contribution is 2.27. The summed E-state index contributed by atoms with van der Waals surface area (Å²) < 4.78 is 5.22. The molecule has 1 rings (SSSR count). The summed E-state index contributed by atoms with van der Waals surface area (Å²) >= 11 is 0. The van der Waals surface area contributed by atoms with E-state index in [1.54, 1.807) is 32.9 Å². The van der Waals surface area contributed by atoms with Gasteiger partial charge in [0.15, 0.2) is 0 Å². The van der Waals surface area contributed by atoms with Gasteiger partial charge in [0.05, 0.1) is 0 Å². The largest absolute Gasteiger partial charge is 0.458 e. The lowest BCUT2D eigenvalue weighted by molar-refractivity contribution is -0.159. The molecule has 0 spiro atoms. The molecule has 0 aliphatic heterocycles. The summed E-state index contributed by atoms with van der Waals surface area (Å²) in [5.41, 5.74) is 4.30. The van der Waals surface area contributed by atoms with E-state index in [9.17, 15) is 4.79 Å². The van der Waals surface area contributed by atoms with Crippen LogP contribution in [-0.2, 0) is 9.53 Å². The number of hydrogen-bond acceptors (Lipinski definition) is 4. The number of carbonyl (C=O) groups is 1. The van der Waals surface area contributed by atoms with E-state index in [0.717, 1.165) is 0 Å². The van der Waals surface area contributed by atoms with Crippen LogP contribution < -0.4 is 5.73 Å². The van der Waals surface area contributed by atoms with E-state index in [-0.39, 0.29) is 12.5 Å². The number of hydrogen-bond donors (Lipinski definition) is 2. The van der Waals surface area contributed by atoms with Crippen molar-refractivity contribution in [2.45, 2.75) is 38.3 Å². The van der Waals surface area contributed by atoms with Crippen molar-refractivity contribution in [1.82, 2.24) is 0 Å². The topological polar surface area (TPSA) is 72.5 Å². The van der Waals surface area contributed by atoms with Gasteiger partial charge in [-0.1, -0.05) is 12.2 Å². The number of esters is 1. The van der Waals surface area contributed by atoms with Gasteiger partial charge in [-0.2, -0.15) is 0 Å². The third-order valence-corrected chi connectivity index (χ3v) is 2.28. The highest BCUT2D eigenvalue weighted by Gasteiger charge is 2.40. The minimum atomic E-state index is -1.07. The van der Waals surface area contributed by atoms with E-state index in [0.29, 0.717) is 6.42 Å². The summed E-state index contributed by atoms with van der Waals surface area (Å²) in [7, 11) is 0. The summed E-state index contributed by atoms with van der Waals surface area (Å²) in [6, 6.07) is 0. The molecule has 0 radical (unpaired) electrons. The average molecular weight is 213 g/mol. The molecule has 1 aliphatic rings. The van der Waals surface area contributed by atoms with Crippen LogP contribution in [0.2, 0.25) is 0 Å². The highest BCUT2D eigenvalue weighted by molar-refractivity contribution is 5.84. The zero-order valence-corrected chi connectivity index (χ0v) is 9.49. The van der Waals surface area contributed by atoms with E-state index >= 15 is 0 Å². The van der Waals surface area contributed by atoms with Crippen LogP contribution in [0.3, 0.4) is 0 Å². The quantitative estimate of drug-likeness (QED) is 0.520. The molecule has 4 heteroatoms. The molecule has 86 valence electrons. The molecule has 0 bridgehead atoms. The smallest absolute Gasteiger partial charge is 0.330 e. The van der Waals surface area contributed by atoms with E-state index in [2.05, 4.69) is 0 Å². The van der Waals surface area contributed by atoms with Gasteiger partial charge < -0.3 is 15.6 Å². The van der Waals surface area contributed by atoms with Crippen LogP contribution in [0.1, 0.15) is 27.2 Å². The van der Waals surface area contributed by atoms with Crippen LogP contribution in [0, 0.1) is 5.92 Å². The van der Waals surface area contributed by atoms with Gasteiger partial charge in [-0.25, -0.2) is 4.79 Å². The Labute approximate surface area is 90.1 Å². The van der Waals surface area contributed by atoms with Gasteiger partial charge >= 0.3 is 5.97 Å². The molecule has 0 saturated heterocycles. The Kier molecular flexibility index (Phi) is 3.21. The van der Waals surface area contributed by atoms with Crippen molar-refractivity contribution in [2.75, 3.05) is 6.61 Å². The molecular formula is C11H19NO3. The molecule has 2 unspecified atom stereocenters. The number of aliphatic hydroxyl groups excluding tert-OH is 1. The minimum absolute atomic E-state index is 0.0122. The summed E-state index contributed by atoms with van der Waals surface area (Å²) in [6.45, 7) is 5.42. The fourth-order valence-corrected chi connectivity index (χ4v) is 1.53. The standard InChI is InChI=1S/C11H19NO3/c1-10(2,3)15-9(14)11(12)5-4-8(6-11)7-13/h4-5,8,13H,6-7,12H2,1-3H3. The first kappa shape index (κ1) is 12.2. The third kappa shape index (κ3) is 3.04. The van der Waals surface area contributed by atoms with Crippen molar-refractivity contribution in [2.24, 2.45) is 11.7 Å². The third-order valence-electron chi connectivity index (χ3n) is 2.28. The second-order valence-corrected chi connectivity index (χ2v) is 5.05. The molecule has 3 N–H and O–H groups in total. The van der Waals surface area contributed by atoms with Crippen LogP contribution in [0.4, 0.5) is 0 Å². The van der Waals surface area contributed by atoms with E-state index in [1.807, 2.05) is 0 Å². The van der Waals surface area contributed by atoms with Crippen LogP contribution in [-0.4, -0.2) is 28.8 Å². The number of rotatable bonds is 2. The molecular weight excluding hydrogens is 194 g/mol. The normalized spacial score (nSPS) is 30.6. The Morgan fingerprint density at radius 1 is 1.67 bits per heavy atom. The SMILES string of the molecule is CC(C)(C)OC(=O)C1(N)C=CC(CO)C1. The summed E-state index contributed by atoms with van der Waals surface area (Å²) in [5, 5.41) is 8.95. The Bertz CT molecular complexity index is 280. The molecule has 1 aliphatic carbocycles. The molecule has 0 fully saturated rings. The molecule has 0 aromatic rings. The second-order valence-electron chi connectivity index (χ2n) is 5.05. The van der Waals surface area contributed by atoms with Gasteiger partial charge in [-0.05, 0) is 27.2 Å². The van der Waals surface area contributed by atoms with Crippen molar-refractivity contribution in [3.05, 3.63) is 12.2 Å². The lowest BCUT2D eigenvalue weighted by Crippen LogP contribution is -2.48. The van der Waals surface area contributed by atoms with Gasteiger partial charge in [0.2, 0.25) is 0 Å². The Balaban J connectivity index is 2.65. The molecule has 0 saturated carbocycles. The van der Waals surface area contributed by atoms with E-state index in [1.165, 1.54) is 0 Å². The van der Waals surface area contributed by atoms with Crippen LogP contribution in [0.15, 0.2) is 12.2 Å². The van der Waals surface area contributed by atoms with E-state index < -0.39 is 17.1 Å². The maximum absolute atomic E-state index is 11.8. The number of carbonyl (C=O) groups excluding carboxylic acids is 1. The van der Waals surface area contributed by atoms with Crippen LogP contribution in [0.25, 0.3) is 0 Å². The Morgan fingerprint density at radius 2 is 2.27 bits per heavy atom. The van der Waals surface area contributed by atoms with Crippen molar-refractivity contribution < 1.29 is 14.6 Å². The molecule has 2 atom stereocenters. The predicted molar refractivity (Wildman–Crippen MR) is 57.1 cm³/mol. The van der Waals surface area contributed by atoms with Crippen LogP contribution >= 0.6 is 0 Å². The van der Waals surface area contributed by atoms with Gasteiger partial charge in [0.1, 0.15) is 11.1 Å². The van der Waals surface area contributed by atoms with Gasteiger partial charge in [-0.15, -0.1) is 0 Å². The van der Waals surface area contributed by atoms with Gasteiger partial charge in [-0.3, -0.25) is 0 Å². The number of aliphatic hydroxyl groups is 1. The Morgan fingerprint density at radius 3 is 2.67 bits per heavy atom. The lowest BCUT2D eigenvalue weighted by Gasteiger charge is -2.27. The molecule has 0 aromatic heterocycles. The number of ether oxygens (including phenoxy) is 1. The molecule has 0 heterocycles. The molecule has 4 nitrogen and oxygen atoms in total. The summed E-state index contributed by atoms with van der Waals surface area (Å²) in [6.07, 6.45) is 3.81. The first-order valence-electron chi connectivity index (χ1n) is 5.09. The highest BCUT2D eigenvalue weighted by atomic mass is 16.6. The van der Waals surface area contributed by atoms with Crippen LogP contribution in [0.5, 0.6) is 0 Å². The van der Waals surface area contributed by atoms with Gasteiger partial charge in [0.25, 0.3) is 0 Å².